The largest absolute Gasteiger partial charge is 0.465 e. The Kier molecular flexibility index (Phi) is 7.36. The number of non-ortho nitro benzene ring substituents is 1. The van der Waals surface area contributed by atoms with Crippen molar-refractivity contribution < 1.29 is 23.7 Å². The number of carbonyl (C=O) groups is 2. The Labute approximate surface area is 237 Å². The van der Waals surface area contributed by atoms with Crippen LogP contribution in [0.15, 0.2) is 75.4 Å². The lowest BCUT2D eigenvalue weighted by molar-refractivity contribution is -0.383. The van der Waals surface area contributed by atoms with E-state index >= 15 is 0 Å². The number of halogens is 1. The first-order valence-electron chi connectivity index (χ1n) is 12.1. The predicted molar refractivity (Wildman–Crippen MR) is 151 cm³/mol. The zero-order valence-corrected chi connectivity index (χ0v) is 22.6. The van der Waals surface area contributed by atoms with Gasteiger partial charge in [-0.3, -0.25) is 20.2 Å². The molecule has 208 valence electrons. The highest BCUT2D eigenvalue weighted by Crippen LogP contribution is 2.36. The van der Waals surface area contributed by atoms with Crippen LogP contribution in [-0.2, 0) is 9.53 Å². The van der Waals surface area contributed by atoms with Gasteiger partial charge in [0.2, 0.25) is 11.5 Å². The second-order valence-electron chi connectivity index (χ2n) is 8.97. The number of nitrogens with zero attached hydrogens (tertiary/aromatic N) is 4. The standard InChI is InChI=1S/C27H22ClN7O6/c1-13-7-8-16(17(28)11-13)22-21(24(36)32-20-12-15(9-10-29-20)25(37)40-3)14(2)30-26(33-22)34-27-31-18-5-4-6-19(35(38)39)23(18)41-27/h4-12,22H,1-3H3,(H,29,32,36)(H2,30,31,33,34)/t22-/m1/s1. The Hall–Kier alpha value is -5.30. The van der Waals surface area contributed by atoms with Gasteiger partial charge in [0.15, 0.2) is 0 Å². The third kappa shape index (κ3) is 5.56. The summed E-state index contributed by atoms with van der Waals surface area (Å²) in [5, 5.41) is 20.4. The number of aryl methyl sites for hydroxylation is 1. The SMILES string of the molecule is COC(=O)c1ccnc(NC(=O)C2=C(C)NC(Nc3nc4cccc([N+](=O)[O-])c4o3)=N[C@@H]2c2ccc(C)cc2Cl)c1. The maximum absolute atomic E-state index is 13.6. The number of esters is 1. The fourth-order valence-corrected chi connectivity index (χ4v) is 4.61. The van der Waals surface area contributed by atoms with Gasteiger partial charge in [0.25, 0.3) is 5.91 Å². The number of anilines is 2. The number of guanidine groups is 1. The fraction of sp³-hybridized carbons (Fsp3) is 0.148. The molecule has 1 amide bonds. The highest BCUT2D eigenvalue weighted by atomic mass is 35.5. The molecule has 0 saturated heterocycles. The molecule has 2 aromatic heterocycles. The van der Waals surface area contributed by atoms with Gasteiger partial charge in [0.1, 0.15) is 17.4 Å². The number of carbonyl (C=O) groups excluding carboxylic acids is 2. The summed E-state index contributed by atoms with van der Waals surface area (Å²) in [4.78, 5) is 49.4. The van der Waals surface area contributed by atoms with E-state index in [1.807, 2.05) is 13.0 Å². The molecule has 1 aliphatic heterocycles. The molecule has 3 heterocycles. The van der Waals surface area contributed by atoms with E-state index in [1.165, 1.54) is 37.6 Å². The first kappa shape index (κ1) is 27.3. The molecule has 1 aliphatic rings. The van der Waals surface area contributed by atoms with Gasteiger partial charge < -0.3 is 19.8 Å². The summed E-state index contributed by atoms with van der Waals surface area (Å²) >= 11 is 6.60. The van der Waals surface area contributed by atoms with Gasteiger partial charge in [-0.2, -0.15) is 4.98 Å². The number of nitrogens with one attached hydrogen (secondary N) is 3. The average Bonchev–Trinajstić information content (AvgIpc) is 3.34. The lowest BCUT2D eigenvalue weighted by Crippen LogP contribution is -2.37. The minimum Gasteiger partial charge on any atom is -0.465 e. The molecule has 0 saturated carbocycles. The molecule has 0 bridgehead atoms. The number of benzene rings is 2. The second-order valence-corrected chi connectivity index (χ2v) is 9.38. The summed E-state index contributed by atoms with van der Waals surface area (Å²) in [6.07, 6.45) is 1.38. The molecular weight excluding hydrogens is 554 g/mol. The number of fused-ring (bicyclic) bond motifs is 1. The van der Waals surface area contributed by atoms with E-state index in [9.17, 15) is 19.7 Å². The van der Waals surface area contributed by atoms with Gasteiger partial charge in [-0.25, -0.2) is 14.8 Å². The molecule has 3 N–H and O–H groups in total. The highest BCUT2D eigenvalue weighted by molar-refractivity contribution is 6.31. The van der Waals surface area contributed by atoms with E-state index in [1.54, 1.807) is 25.1 Å². The Morgan fingerprint density at radius 1 is 1.17 bits per heavy atom. The predicted octanol–water partition coefficient (Wildman–Crippen LogP) is 4.90. The van der Waals surface area contributed by atoms with Crippen molar-refractivity contribution in [3.8, 4) is 0 Å². The van der Waals surface area contributed by atoms with Crippen molar-refractivity contribution in [2.45, 2.75) is 19.9 Å². The van der Waals surface area contributed by atoms with Crippen molar-refractivity contribution in [1.82, 2.24) is 15.3 Å². The van der Waals surface area contributed by atoms with Crippen LogP contribution < -0.4 is 16.0 Å². The Morgan fingerprint density at radius 2 is 1.98 bits per heavy atom. The van der Waals surface area contributed by atoms with Crippen LogP contribution in [0.5, 0.6) is 0 Å². The van der Waals surface area contributed by atoms with E-state index in [2.05, 4.69) is 30.9 Å². The van der Waals surface area contributed by atoms with Gasteiger partial charge in [0, 0.05) is 28.5 Å². The van der Waals surface area contributed by atoms with Crippen molar-refractivity contribution in [3.05, 3.63) is 97.8 Å². The molecule has 0 fully saturated rings. The summed E-state index contributed by atoms with van der Waals surface area (Å²) in [5.41, 5.74) is 2.39. The lowest BCUT2D eigenvalue weighted by Gasteiger charge is -2.27. The number of methoxy groups -OCH3 is 1. The van der Waals surface area contributed by atoms with Gasteiger partial charge in [-0.05, 0) is 43.7 Å². The van der Waals surface area contributed by atoms with Crippen molar-refractivity contribution in [2.24, 2.45) is 4.99 Å². The van der Waals surface area contributed by atoms with Crippen LogP contribution in [0.25, 0.3) is 11.1 Å². The summed E-state index contributed by atoms with van der Waals surface area (Å²) in [5.74, 6) is -0.813. The average molecular weight is 576 g/mol. The van der Waals surface area contributed by atoms with Gasteiger partial charge in [0.05, 0.1) is 23.2 Å². The van der Waals surface area contributed by atoms with Crippen LogP contribution in [0, 0.1) is 17.0 Å². The summed E-state index contributed by atoms with van der Waals surface area (Å²) in [7, 11) is 1.25. The molecule has 4 aromatic rings. The molecule has 41 heavy (non-hydrogen) atoms. The topological polar surface area (TPSA) is 174 Å². The number of ether oxygens (including phenoxy) is 1. The van der Waals surface area contributed by atoms with E-state index in [4.69, 9.17) is 20.8 Å². The lowest BCUT2D eigenvalue weighted by atomic mass is 9.95. The molecule has 0 spiro atoms. The monoisotopic (exact) mass is 575 g/mol. The minimum absolute atomic E-state index is 0.00329. The van der Waals surface area contributed by atoms with Crippen LogP contribution in [0.2, 0.25) is 5.02 Å². The van der Waals surface area contributed by atoms with Crippen molar-refractivity contribution in [3.63, 3.8) is 0 Å². The molecule has 13 nitrogen and oxygen atoms in total. The fourth-order valence-electron chi connectivity index (χ4n) is 4.27. The molecule has 2 aromatic carbocycles. The van der Waals surface area contributed by atoms with Crippen LogP contribution in [0.3, 0.4) is 0 Å². The number of oxazole rings is 1. The van der Waals surface area contributed by atoms with Crippen LogP contribution >= 0.6 is 11.6 Å². The van der Waals surface area contributed by atoms with Gasteiger partial charge in [-0.15, -0.1) is 0 Å². The number of para-hydroxylation sites is 1. The number of pyridine rings is 1. The van der Waals surface area contributed by atoms with Gasteiger partial charge >= 0.3 is 17.7 Å². The third-order valence-corrected chi connectivity index (χ3v) is 6.50. The smallest absolute Gasteiger partial charge is 0.338 e. The van der Waals surface area contributed by atoms with E-state index in [0.29, 0.717) is 16.3 Å². The molecular formula is C27H22ClN7O6. The quantitative estimate of drug-likeness (QED) is 0.163. The molecule has 0 unspecified atom stereocenters. The number of hydrogen-bond acceptors (Lipinski definition) is 11. The summed E-state index contributed by atoms with van der Waals surface area (Å²) in [6.45, 7) is 3.56. The highest BCUT2D eigenvalue weighted by Gasteiger charge is 2.32. The van der Waals surface area contributed by atoms with E-state index in [-0.39, 0.29) is 45.7 Å². The number of nitro groups is 1. The first-order valence-corrected chi connectivity index (χ1v) is 12.5. The number of rotatable bonds is 6. The number of amides is 1. The normalized spacial score (nSPS) is 14.7. The maximum atomic E-state index is 13.6. The molecule has 0 radical (unpaired) electrons. The van der Waals surface area contributed by atoms with Crippen molar-refractivity contribution in [2.75, 3.05) is 17.7 Å². The zero-order valence-electron chi connectivity index (χ0n) is 21.9. The first-order chi connectivity index (χ1) is 19.6. The third-order valence-electron chi connectivity index (χ3n) is 6.18. The Balaban J connectivity index is 1.50. The zero-order chi connectivity index (χ0) is 29.3. The van der Waals surface area contributed by atoms with Gasteiger partial charge in [-0.1, -0.05) is 29.8 Å². The Bertz CT molecular complexity index is 1780. The van der Waals surface area contributed by atoms with Crippen LogP contribution in [-0.4, -0.2) is 39.8 Å². The van der Waals surface area contributed by atoms with Crippen molar-refractivity contribution in [1.29, 1.82) is 0 Å². The van der Waals surface area contributed by atoms with Crippen LogP contribution in [0.4, 0.5) is 17.5 Å². The number of aromatic nitrogens is 2. The van der Waals surface area contributed by atoms with E-state index in [0.717, 1.165) is 5.56 Å². The number of allylic oxidation sites excluding steroid dienone is 1. The molecule has 5 rings (SSSR count). The Morgan fingerprint density at radius 3 is 2.71 bits per heavy atom. The number of aliphatic imine (C=N–C) groups is 1. The van der Waals surface area contributed by atoms with Crippen molar-refractivity contribution >= 4 is 58.1 Å². The van der Waals surface area contributed by atoms with E-state index < -0.39 is 22.8 Å². The molecule has 14 heteroatoms. The minimum atomic E-state index is -0.880. The maximum Gasteiger partial charge on any atom is 0.338 e. The van der Waals surface area contributed by atoms with Crippen LogP contribution in [0.1, 0.15) is 34.5 Å². The summed E-state index contributed by atoms with van der Waals surface area (Å²) in [6, 6.07) is 11.7. The number of nitro benzene ring substituents is 1. The summed E-state index contributed by atoms with van der Waals surface area (Å²) < 4.78 is 10.4. The second kappa shape index (κ2) is 11.1. The number of hydrogen-bond donors (Lipinski definition) is 3. The molecule has 0 aliphatic carbocycles. The molecule has 1 atom stereocenters.